The Kier molecular flexibility index (Phi) is 5.04. The van der Waals surface area contributed by atoms with Crippen molar-refractivity contribution in [2.24, 2.45) is 0 Å². The number of benzene rings is 2. The van der Waals surface area contributed by atoms with Gasteiger partial charge in [0.25, 0.3) is 5.91 Å². The highest BCUT2D eigenvalue weighted by Crippen LogP contribution is 2.39. The summed E-state index contributed by atoms with van der Waals surface area (Å²) in [6, 6.07) is 10.7. The summed E-state index contributed by atoms with van der Waals surface area (Å²) in [7, 11) is 0. The minimum atomic E-state index is -0.252. The van der Waals surface area contributed by atoms with Gasteiger partial charge in [-0.25, -0.2) is 0 Å². The first kappa shape index (κ1) is 16.9. The number of hydrogen-bond acceptors (Lipinski definition) is 2. The molecule has 3 aromatic rings. The third-order valence-electron chi connectivity index (χ3n) is 3.25. The molecule has 0 saturated heterocycles. The molecule has 1 heterocycles. The third kappa shape index (κ3) is 3.44. The summed E-state index contributed by atoms with van der Waals surface area (Å²) in [5.41, 5.74) is 0.850. The largest absolute Gasteiger partial charge is 0.347 e. The van der Waals surface area contributed by atoms with Gasteiger partial charge in [0.2, 0.25) is 0 Å². The SMILES string of the molecule is O=C(NCc1ccc(Cl)c(Cl)c1)c1sc2cccc(Cl)c2c1Cl. The monoisotopic (exact) mass is 403 g/mol. The fourth-order valence-corrected chi connectivity index (χ4v) is 4.32. The fourth-order valence-electron chi connectivity index (χ4n) is 2.13. The van der Waals surface area contributed by atoms with Crippen LogP contribution >= 0.6 is 57.7 Å². The second-order valence-electron chi connectivity index (χ2n) is 4.79. The van der Waals surface area contributed by atoms with Gasteiger partial charge in [-0.05, 0) is 29.8 Å². The molecular weight excluding hydrogens is 396 g/mol. The molecule has 2 aromatic carbocycles. The molecule has 0 spiro atoms. The summed E-state index contributed by atoms with van der Waals surface area (Å²) >= 11 is 25.6. The van der Waals surface area contributed by atoms with Crippen LogP contribution in [-0.4, -0.2) is 5.91 Å². The molecule has 2 nitrogen and oxygen atoms in total. The number of nitrogens with one attached hydrogen (secondary N) is 1. The molecule has 1 N–H and O–H groups in total. The molecule has 0 saturated carbocycles. The van der Waals surface area contributed by atoms with Crippen molar-refractivity contribution in [1.82, 2.24) is 5.32 Å². The average Bonchev–Trinajstić information content (AvgIpc) is 2.86. The second kappa shape index (κ2) is 6.88. The van der Waals surface area contributed by atoms with Crippen molar-refractivity contribution < 1.29 is 4.79 Å². The van der Waals surface area contributed by atoms with Gasteiger partial charge in [0.1, 0.15) is 4.88 Å². The Morgan fingerprint density at radius 2 is 1.78 bits per heavy atom. The minimum absolute atomic E-state index is 0.252. The Morgan fingerprint density at radius 3 is 2.48 bits per heavy atom. The number of halogens is 4. The van der Waals surface area contributed by atoms with Crippen LogP contribution in [0.1, 0.15) is 15.2 Å². The first-order valence-electron chi connectivity index (χ1n) is 6.56. The highest BCUT2D eigenvalue weighted by molar-refractivity contribution is 7.21. The second-order valence-corrected chi connectivity index (χ2v) is 7.44. The van der Waals surface area contributed by atoms with E-state index in [-0.39, 0.29) is 5.91 Å². The van der Waals surface area contributed by atoms with Crippen molar-refractivity contribution in [3.8, 4) is 0 Å². The molecule has 118 valence electrons. The van der Waals surface area contributed by atoms with Crippen molar-refractivity contribution in [2.75, 3.05) is 0 Å². The summed E-state index contributed by atoms with van der Waals surface area (Å²) in [6.45, 7) is 0.327. The summed E-state index contributed by atoms with van der Waals surface area (Å²) in [6.07, 6.45) is 0. The van der Waals surface area contributed by atoms with E-state index in [4.69, 9.17) is 46.4 Å². The average molecular weight is 405 g/mol. The number of carbonyl (C=O) groups excluding carboxylic acids is 1. The Labute approximate surface area is 156 Å². The molecule has 7 heteroatoms. The highest BCUT2D eigenvalue weighted by Gasteiger charge is 2.18. The first-order chi connectivity index (χ1) is 11.0. The van der Waals surface area contributed by atoms with Crippen LogP contribution in [0.25, 0.3) is 10.1 Å². The van der Waals surface area contributed by atoms with Crippen LogP contribution in [0.2, 0.25) is 20.1 Å². The molecule has 0 fully saturated rings. The third-order valence-corrected chi connectivity index (χ3v) is 5.95. The zero-order valence-corrected chi connectivity index (χ0v) is 15.3. The van der Waals surface area contributed by atoms with Crippen molar-refractivity contribution in [1.29, 1.82) is 0 Å². The predicted molar refractivity (Wildman–Crippen MR) is 99.5 cm³/mol. The van der Waals surface area contributed by atoms with Gasteiger partial charge in [-0.15, -0.1) is 11.3 Å². The molecule has 0 atom stereocenters. The van der Waals surface area contributed by atoms with E-state index in [1.54, 1.807) is 24.3 Å². The molecule has 0 aliphatic carbocycles. The molecule has 1 aromatic heterocycles. The van der Waals surface area contributed by atoms with Gasteiger partial charge in [-0.2, -0.15) is 0 Å². The van der Waals surface area contributed by atoms with E-state index in [9.17, 15) is 4.79 Å². The van der Waals surface area contributed by atoms with Crippen LogP contribution in [-0.2, 0) is 6.54 Å². The van der Waals surface area contributed by atoms with Crippen LogP contribution in [0.15, 0.2) is 36.4 Å². The quantitative estimate of drug-likeness (QED) is 0.534. The Balaban J connectivity index is 1.82. The van der Waals surface area contributed by atoms with Crippen LogP contribution in [0.4, 0.5) is 0 Å². The molecule has 0 aliphatic rings. The van der Waals surface area contributed by atoms with Crippen LogP contribution < -0.4 is 5.32 Å². The Morgan fingerprint density at radius 1 is 1.00 bits per heavy atom. The van der Waals surface area contributed by atoms with E-state index < -0.39 is 0 Å². The predicted octanol–water partition coefficient (Wildman–Crippen LogP) is 6.44. The number of hydrogen-bond donors (Lipinski definition) is 1. The van der Waals surface area contributed by atoms with E-state index in [2.05, 4.69) is 5.32 Å². The molecular formula is C16H9Cl4NOS. The number of carbonyl (C=O) groups is 1. The lowest BCUT2D eigenvalue weighted by Gasteiger charge is -2.05. The molecule has 3 rings (SSSR count). The summed E-state index contributed by atoms with van der Waals surface area (Å²) in [4.78, 5) is 12.8. The maximum Gasteiger partial charge on any atom is 0.263 e. The summed E-state index contributed by atoms with van der Waals surface area (Å²) in [5.74, 6) is -0.252. The maximum absolute atomic E-state index is 12.4. The fraction of sp³-hybridized carbons (Fsp3) is 0.0625. The lowest BCUT2D eigenvalue weighted by atomic mass is 10.2. The van der Waals surface area contributed by atoms with E-state index in [1.165, 1.54) is 11.3 Å². The van der Waals surface area contributed by atoms with Gasteiger partial charge in [-0.3, -0.25) is 4.79 Å². The van der Waals surface area contributed by atoms with Gasteiger partial charge >= 0.3 is 0 Å². The zero-order chi connectivity index (χ0) is 16.6. The molecule has 0 aliphatic heterocycles. The van der Waals surface area contributed by atoms with Gasteiger partial charge in [0.15, 0.2) is 0 Å². The van der Waals surface area contributed by atoms with Crippen LogP contribution in [0.5, 0.6) is 0 Å². The first-order valence-corrected chi connectivity index (χ1v) is 8.89. The number of amides is 1. The Bertz CT molecular complexity index is 906. The maximum atomic E-state index is 12.4. The summed E-state index contributed by atoms with van der Waals surface area (Å²) < 4.78 is 0.877. The molecule has 0 bridgehead atoms. The van der Waals surface area contributed by atoms with Crippen LogP contribution in [0.3, 0.4) is 0 Å². The van der Waals surface area contributed by atoms with Crippen LogP contribution in [0, 0.1) is 0 Å². The Hall–Kier alpha value is -0.970. The van der Waals surface area contributed by atoms with E-state index >= 15 is 0 Å². The standard InChI is InChI=1S/C16H9Cl4NOS/c17-9-5-4-8(6-11(9)19)7-21-16(22)15-14(20)13-10(18)2-1-3-12(13)23-15/h1-6H,7H2,(H,21,22). The van der Waals surface area contributed by atoms with Crippen molar-refractivity contribution >= 4 is 73.7 Å². The van der Waals surface area contributed by atoms with E-state index in [1.807, 2.05) is 12.1 Å². The molecule has 0 unspecified atom stereocenters. The summed E-state index contributed by atoms with van der Waals surface area (Å²) in [5, 5.41) is 5.37. The number of thiophene rings is 1. The molecule has 23 heavy (non-hydrogen) atoms. The van der Waals surface area contributed by atoms with Crippen molar-refractivity contribution in [3.63, 3.8) is 0 Å². The van der Waals surface area contributed by atoms with E-state index in [0.717, 1.165) is 10.3 Å². The van der Waals surface area contributed by atoms with Crippen molar-refractivity contribution in [3.05, 3.63) is 66.9 Å². The van der Waals surface area contributed by atoms with Crippen molar-refractivity contribution in [2.45, 2.75) is 6.54 Å². The number of fused-ring (bicyclic) bond motifs is 1. The zero-order valence-electron chi connectivity index (χ0n) is 11.5. The lowest BCUT2D eigenvalue weighted by molar-refractivity contribution is 0.0955. The number of rotatable bonds is 3. The minimum Gasteiger partial charge on any atom is -0.347 e. The topological polar surface area (TPSA) is 29.1 Å². The van der Waals surface area contributed by atoms with Gasteiger partial charge in [0.05, 0.1) is 20.1 Å². The van der Waals surface area contributed by atoms with Gasteiger partial charge < -0.3 is 5.32 Å². The highest BCUT2D eigenvalue weighted by atomic mass is 35.5. The van der Waals surface area contributed by atoms with Gasteiger partial charge in [0, 0.05) is 16.6 Å². The van der Waals surface area contributed by atoms with E-state index in [0.29, 0.717) is 36.9 Å². The molecule has 0 radical (unpaired) electrons. The van der Waals surface area contributed by atoms with Gasteiger partial charge in [-0.1, -0.05) is 58.5 Å². The smallest absolute Gasteiger partial charge is 0.263 e. The molecule has 1 amide bonds. The lowest BCUT2D eigenvalue weighted by Crippen LogP contribution is -2.22. The normalized spacial score (nSPS) is 11.0.